The molecule has 0 spiro atoms. The van der Waals surface area contributed by atoms with Crippen LogP contribution in [0, 0.1) is 0 Å². The van der Waals surface area contributed by atoms with Crippen molar-refractivity contribution in [3.63, 3.8) is 0 Å². The van der Waals surface area contributed by atoms with Crippen LogP contribution in [0.25, 0.3) is 33.3 Å². The standard InChI is InChI=1S/C23H23N5O/c1-6-28-26-20-15(11(2)3)18-19(16(12(4)5)21(20)27-28)25-22-17(24-18)13-9-7-8-10-14(13)23(22)29/h7-12H,6H2,1-5H3. The SMILES string of the molecule is CCn1nc2c(C(C)C)c3nc4c(nc3c(C(C)C)c2n1)-c1ccccc1C4=O. The Labute approximate surface area is 169 Å². The van der Waals surface area contributed by atoms with E-state index >= 15 is 0 Å². The summed E-state index contributed by atoms with van der Waals surface area (Å²) in [6.07, 6.45) is 0. The van der Waals surface area contributed by atoms with Crippen LogP contribution >= 0.6 is 0 Å². The number of carbonyl (C=O) groups excluding carboxylic acids is 1. The van der Waals surface area contributed by atoms with E-state index in [0.717, 1.165) is 38.8 Å². The van der Waals surface area contributed by atoms with E-state index in [1.54, 1.807) is 4.80 Å². The van der Waals surface area contributed by atoms with Gasteiger partial charge in [-0.3, -0.25) is 4.79 Å². The fourth-order valence-corrected chi connectivity index (χ4v) is 4.34. The van der Waals surface area contributed by atoms with E-state index in [0.29, 0.717) is 23.5 Å². The van der Waals surface area contributed by atoms with Crippen LogP contribution in [0.1, 0.15) is 73.6 Å². The normalized spacial score (nSPS) is 13.1. The van der Waals surface area contributed by atoms with Gasteiger partial charge in [0.25, 0.3) is 0 Å². The fourth-order valence-electron chi connectivity index (χ4n) is 4.34. The quantitative estimate of drug-likeness (QED) is 0.444. The van der Waals surface area contributed by atoms with Crippen LogP contribution < -0.4 is 0 Å². The molecular formula is C23H23N5O. The van der Waals surface area contributed by atoms with Crippen LogP contribution in [0.2, 0.25) is 0 Å². The minimum atomic E-state index is -0.0527. The van der Waals surface area contributed by atoms with Crippen LogP contribution in [0.3, 0.4) is 0 Å². The number of nitrogens with zero attached hydrogens (tertiary/aromatic N) is 5. The van der Waals surface area contributed by atoms with Gasteiger partial charge in [-0.2, -0.15) is 15.0 Å². The van der Waals surface area contributed by atoms with Gasteiger partial charge in [0.2, 0.25) is 5.78 Å². The largest absolute Gasteiger partial charge is 0.287 e. The van der Waals surface area contributed by atoms with E-state index in [4.69, 9.17) is 20.2 Å². The summed E-state index contributed by atoms with van der Waals surface area (Å²) >= 11 is 0. The summed E-state index contributed by atoms with van der Waals surface area (Å²) in [5, 5.41) is 9.52. The Morgan fingerprint density at radius 3 is 1.83 bits per heavy atom. The highest BCUT2D eigenvalue weighted by atomic mass is 16.1. The zero-order valence-electron chi connectivity index (χ0n) is 17.3. The first-order valence-corrected chi connectivity index (χ1v) is 10.2. The Morgan fingerprint density at radius 1 is 0.793 bits per heavy atom. The number of ketones is 1. The highest BCUT2D eigenvalue weighted by Gasteiger charge is 2.32. The van der Waals surface area contributed by atoms with Gasteiger partial charge < -0.3 is 0 Å². The van der Waals surface area contributed by atoms with Gasteiger partial charge in [-0.25, -0.2) is 9.97 Å². The van der Waals surface area contributed by atoms with Crippen LogP contribution in [0.5, 0.6) is 0 Å². The van der Waals surface area contributed by atoms with Gasteiger partial charge in [-0.05, 0) is 18.8 Å². The van der Waals surface area contributed by atoms with Crippen LogP contribution in [0.4, 0.5) is 0 Å². The molecule has 0 saturated heterocycles. The average Bonchev–Trinajstić information content (AvgIpc) is 3.23. The first kappa shape index (κ1) is 17.9. The number of aromatic nitrogens is 5. The molecule has 29 heavy (non-hydrogen) atoms. The molecule has 0 radical (unpaired) electrons. The van der Waals surface area contributed by atoms with Gasteiger partial charge in [-0.15, -0.1) is 0 Å². The molecule has 0 aliphatic heterocycles. The van der Waals surface area contributed by atoms with Gasteiger partial charge in [0.1, 0.15) is 22.4 Å². The highest BCUT2D eigenvalue weighted by Crippen LogP contribution is 2.41. The smallest absolute Gasteiger partial charge is 0.214 e. The molecule has 2 aromatic carbocycles. The predicted molar refractivity (Wildman–Crippen MR) is 113 cm³/mol. The molecule has 0 unspecified atom stereocenters. The lowest BCUT2D eigenvalue weighted by atomic mass is 9.92. The van der Waals surface area contributed by atoms with E-state index in [1.807, 2.05) is 31.2 Å². The highest BCUT2D eigenvalue weighted by molar-refractivity contribution is 6.21. The molecule has 1 aliphatic carbocycles. The van der Waals surface area contributed by atoms with Crippen molar-refractivity contribution in [1.29, 1.82) is 0 Å². The molecule has 6 heteroatoms. The van der Waals surface area contributed by atoms with Crippen molar-refractivity contribution in [2.24, 2.45) is 0 Å². The molecule has 0 amide bonds. The molecule has 5 rings (SSSR count). The fraction of sp³-hybridized carbons (Fsp3) is 0.348. The summed E-state index contributed by atoms with van der Waals surface area (Å²) in [4.78, 5) is 24.7. The first-order chi connectivity index (χ1) is 13.9. The summed E-state index contributed by atoms with van der Waals surface area (Å²) in [5.41, 5.74) is 8.09. The zero-order chi connectivity index (χ0) is 20.4. The van der Waals surface area contributed by atoms with Gasteiger partial charge in [0.05, 0.1) is 17.6 Å². The number of benzene rings is 2. The van der Waals surface area contributed by atoms with Gasteiger partial charge in [-0.1, -0.05) is 52.0 Å². The Kier molecular flexibility index (Phi) is 3.81. The summed E-state index contributed by atoms with van der Waals surface area (Å²) in [6.45, 7) is 11.3. The second-order valence-electron chi connectivity index (χ2n) is 8.22. The number of carbonyl (C=O) groups is 1. The van der Waals surface area contributed by atoms with Gasteiger partial charge in [0.15, 0.2) is 0 Å². The Balaban J connectivity index is 1.99. The van der Waals surface area contributed by atoms with Crippen LogP contribution in [-0.2, 0) is 6.54 Å². The molecule has 2 heterocycles. The molecule has 2 aromatic heterocycles. The average molecular weight is 385 g/mol. The van der Waals surface area contributed by atoms with Gasteiger partial charge in [0, 0.05) is 22.3 Å². The van der Waals surface area contributed by atoms with Crippen molar-refractivity contribution in [3.8, 4) is 11.3 Å². The zero-order valence-corrected chi connectivity index (χ0v) is 17.3. The van der Waals surface area contributed by atoms with Gasteiger partial charge >= 0.3 is 0 Å². The minimum Gasteiger partial charge on any atom is -0.287 e. The molecule has 1 aliphatic rings. The Hall–Kier alpha value is -3.15. The Morgan fingerprint density at radius 2 is 1.31 bits per heavy atom. The van der Waals surface area contributed by atoms with Crippen molar-refractivity contribution in [1.82, 2.24) is 25.0 Å². The predicted octanol–water partition coefficient (Wildman–Crippen LogP) is 4.85. The second kappa shape index (κ2) is 6.17. The molecule has 0 bridgehead atoms. The van der Waals surface area contributed by atoms with Crippen LogP contribution in [-0.4, -0.2) is 30.7 Å². The maximum Gasteiger partial charge on any atom is 0.214 e. The molecule has 0 fully saturated rings. The van der Waals surface area contributed by atoms with Crippen molar-refractivity contribution < 1.29 is 4.79 Å². The van der Waals surface area contributed by atoms with Crippen molar-refractivity contribution >= 4 is 27.9 Å². The molecule has 146 valence electrons. The molecular weight excluding hydrogens is 362 g/mol. The molecule has 0 atom stereocenters. The molecule has 6 nitrogen and oxygen atoms in total. The third-order valence-electron chi connectivity index (χ3n) is 5.65. The minimum absolute atomic E-state index is 0.0527. The summed E-state index contributed by atoms with van der Waals surface area (Å²) < 4.78 is 0. The number of aryl methyl sites for hydroxylation is 1. The maximum atomic E-state index is 13.0. The van der Waals surface area contributed by atoms with Crippen molar-refractivity contribution in [2.45, 2.75) is 53.0 Å². The van der Waals surface area contributed by atoms with E-state index < -0.39 is 0 Å². The molecule has 0 saturated carbocycles. The molecule has 0 N–H and O–H groups in total. The van der Waals surface area contributed by atoms with E-state index in [1.165, 1.54) is 0 Å². The first-order valence-electron chi connectivity index (χ1n) is 10.2. The second-order valence-corrected chi connectivity index (χ2v) is 8.22. The van der Waals surface area contributed by atoms with Crippen molar-refractivity contribution in [3.05, 3.63) is 46.6 Å². The number of fused-ring (bicyclic) bond motifs is 5. The summed E-state index contributed by atoms with van der Waals surface area (Å²) in [5.74, 6) is 0.320. The number of hydrogen-bond donors (Lipinski definition) is 0. The van der Waals surface area contributed by atoms with E-state index in [9.17, 15) is 4.79 Å². The topological polar surface area (TPSA) is 73.6 Å². The Bertz CT molecular complexity index is 1320. The third-order valence-corrected chi connectivity index (χ3v) is 5.65. The molecule has 4 aromatic rings. The number of hydrogen-bond acceptors (Lipinski definition) is 5. The lowest BCUT2D eigenvalue weighted by Crippen LogP contribution is -2.06. The van der Waals surface area contributed by atoms with E-state index in [2.05, 4.69) is 27.7 Å². The van der Waals surface area contributed by atoms with E-state index in [-0.39, 0.29) is 17.6 Å². The summed E-state index contributed by atoms with van der Waals surface area (Å²) in [6, 6.07) is 7.62. The van der Waals surface area contributed by atoms with Crippen LogP contribution in [0.15, 0.2) is 24.3 Å². The summed E-state index contributed by atoms with van der Waals surface area (Å²) in [7, 11) is 0. The number of rotatable bonds is 3. The lowest BCUT2D eigenvalue weighted by Gasteiger charge is -2.16. The lowest BCUT2D eigenvalue weighted by molar-refractivity contribution is 0.103. The monoisotopic (exact) mass is 385 g/mol. The maximum absolute atomic E-state index is 13.0. The van der Waals surface area contributed by atoms with Crippen molar-refractivity contribution in [2.75, 3.05) is 0 Å². The third kappa shape index (κ3) is 2.38.